The maximum Gasteiger partial charge on any atom is 0.244 e. The summed E-state index contributed by atoms with van der Waals surface area (Å²) in [4.78, 5) is 15.9. The van der Waals surface area contributed by atoms with Gasteiger partial charge in [0.2, 0.25) is 5.91 Å². The molecule has 2 rings (SSSR count). The molecular weight excluding hydrogens is 344 g/mol. The quantitative estimate of drug-likeness (QED) is 0.778. The highest BCUT2D eigenvalue weighted by molar-refractivity contribution is 9.10. The Hall–Kier alpha value is -1.98. The fraction of sp³-hybridized carbons (Fsp3) is 0.176. The van der Waals surface area contributed by atoms with Crippen LogP contribution in [0.25, 0.3) is 6.08 Å². The van der Waals surface area contributed by atoms with Gasteiger partial charge in [-0.15, -0.1) is 0 Å². The Morgan fingerprint density at radius 2 is 2.00 bits per heavy atom. The fourth-order valence-electron chi connectivity index (χ4n) is 1.99. The number of nitrogens with zero attached hydrogens (tertiary/aromatic N) is 1. The molecule has 1 aromatic carbocycles. The van der Waals surface area contributed by atoms with E-state index in [-0.39, 0.29) is 18.6 Å². The second kappa shape index (κ2) is 8.46. The van der Waals surface area contributed by atoms with Crippen molar-refractivity contribution in [2.75, 3.05) is 6.61 Å². The molecule has 2 aromatic rings. The van der Waals surface area contributed by atoms with E-state index in [1.165, 1.54) is 6.08 Å². The average Bonchev–Trinajstić information content (AvgIpc) is 2.54. The summed E-state index contributed by atoms with van der Waals surface area (Å²) in [5.74, 6) is -0.233. The molecule has 0 aliphatic heterocycles. The summed E-state index contributed by atoms with van der Waals surface area (Å²) in [7, 11) is 0. The first kappa shape index (κ1) is 16.4. The van der Waals surface area contributed by atoms with Crippen LogP contribution in [0.2, 0.25) is 0 Å². The van der Waals surface area contributed by atoms with Crippen LogP contribution in [0.15, 0.2) is 59.3 Å². The summed E-state index contributed by atoms with van der Waals surface area (Å²) in [5.41, 5.74) is 1.94. The van der Waals surface area contributed by atoms with Crippen LogP contribution >= 0.6 is 15.9 Å². The van der Waals surface area contributed by atoms with Crippen molar-refractivity contribution in [1.29, 1.82) is 0 Å². The number of amides is 1. The summed E-state index contributed by atoms with van der Waals surface area (Å²) in [6.45, 7) is -0.114. The number of aliphatic hydroxyl groups is 1. The van der Waals surface area contributed by atoms with Gasteiger partial charge in [0.25, 0.3) is 0 Å². The Morgan fingerprint density at radius 1 is 1.27 bits per heavy atom. The van der Waals surface area contributed by atoms with E-state index < -0.39 is 0 Å². The Morgan fingerprint density at radius 3 is 2.68 bits per heavy atom. The van der Waals surface area contributed by atoms with Crippen LogP contribution < -0.4 is 5.32 Å². The molecular formula is C17H17BrN2O2. The van der Waals surface area contributed by atoms with Crippen molar-refractivity contribution in [3.8, 4) is 0 Å². The van der Waals surface area contributed by atoms with Gasteiger partial charge in [0.15, 0.2) is 0 Å². The Kier molecular flexibility index (Phi) is 6.30. The molecule has 1 amide bonds. The highest BCUT2D eigenvalue weighted by atomic mass is 79.9. The van der Waals surface area contributed by atoms with Crippen molar-refractivity contribution in [1.82, 2.24) is 10.3 Å². The monoisotopic (exact) mass is 360 g/mol. The van der Waals surface area contributed by atoms with Gasteiger partial charge < -0.3 is 10.4 Å². The first-order valence-corrected chi connectivity index (χ1v) is 7.71. The number of aromatic nitrogens is 1. The lowest BCUT2D eigenvalue weighted by molar-refractivity contribution is -0.117. The van der Waals surface area contributed by atoms with E-state index >= 15 is 0 Å². The molecule has 1 aromatic heterocycles. The summed E-state index contributed by atoms with van der Waals surface area (Å²) >= 11 is 3.43. The average molecular weight is 361 g/mol. The topological polar surface area (TPSA) is 62.2 Å². The van der Waals surface area contributed by atoms with Crippen molar-refractivity contribution in [3.63, 3.8) is 0 Å². The lowest BCUT2D eigenvalue weighted by atomic mass is 10.1. The molecule has 0 saturated heterocycles. The Balaban J connectivity index is 1.93. The zero-order valence-electron chi connectivity index (χ0n) is 11.9. The SMILES string of the molecule is O=C(/C=C/c1ccccc1Br)NC(CO)Cc1ccncc1. The van der Waals surface area contributed by atoms with Crippen molar-refractivity contribution in [3.05, 3.63) is 70.5 Å². The normalized spacial score (nSPS) is 12.3. The van der Waals surface area contributed by atoms with Gasteiger partial charge in [-0.2, -0.15) is 0 Å². The molecule has 1 atom stereocenters. The molecule has 1 unspecified atom stereocenters. The maximum atomic E-state index is 12.0. The molecule has 22 heavy (non-hydrogen) atoms. The minimum absolute atomic E-state index is 0.114. The molecule has 0 aliphatic carbocycles. The van der Waals surface area contributed by atoms with E-state index in [0.717, 1.165) is 15.6 Å². The number of carbonyl (C=O) groups is 1. The van der Waals surface area contributed by atoms with E-state index in [1.54, 1.807) is 18.5 Å². The van der Waals surface area contributed by atoms with Gasteiger partial charge >= 0.3 is 0 Å². The van der Waals surface area contributed by atoms with Gasteiger partial charge in [-0.3, -0.25) is 9.78 Å². The van der Waals surface area contributed by atoms with Crippen LogP contribution in [0.4, 0.5) is 0 Å². The van der Waals surface area contributed by atoms with E-state index in [9.17, 15) is 9.90 Å². The molecule has 114 valence electrons. The third-order valence-electron chi connectivity index (χ3n) is 3.12. The number of hydrogen-bond donors (Lipinski definition) is 2. The number of pyridine rings is 1. The smallest absolute Gasteiger partial charge is 0.244 e. The van der Waals surface area contributed by atoms with Gasteiger partial charge in [-0.05, 0) is 41.8 Å². The summed E-state index contributed by atoms with van der Waals surface area (Å²) < 4.78 is 0.926. The summed E-state index contributed by atoms with van der Waals surface area (Å²) in [6.07, 6.45) is 7.15. The van der Waals surface area contributed by atoms with Gasteiger partial charge in [0.1, 0.15) is 0 Å². The molecule has 2 N–H and O–H groups in total. The number of benzene rings is 1. The number of halogens is 1. The number of hydrogen-bond acceptors (Lipinski definition) is 3. The number of nitrogens with one attached hydrogen (secondary N) is 1. The fourth-order valence-corrected chi connectivity index (χ4v) is 2.41. The predicted octanol–water partition coefficient (Wildman–Crippen LogP) is 2.58. The third kappa shape index (κ3) is 5.09. The van der Waals surface area contributed by atoms with Gasteiger partial charge in [-0.25, -0.2) is 0 Å². The van der Waals surface area contributed by atoms with E-state index in [4.69, 9.17) is 0 Å². The zero-order chi connectivity index (χ0) is 15.8. The van der Waals surface area contributed by atoms with Gasteiger partial charge in [-0.1, -0.05) is 34.1 Å². The maximum absolute atomic E-state index is 12.0. The van der Waals surface area contributed by atoms with E-state index in [1.807, 2.05) is 36.4 Å². The molecule has 0 fully saturated rings. The Bertz CT molecular complexity index is 644. The molecule has 0 aliphatic rings. The second-order valence-electron chi connectivity index (χ2n) is 4.80. The molecule has 4 nitrogen and oxygen atoms in total. The van der Waals surface area contributed by atoms with Crippen molar-refractivity contribution in [2.24, 2.45) is 0 Å². The third-order valence-corrected chi connectivity index (χ3v) is 3.84. The lowest BCUT2D eigenvalue weighted by Gasteiger charge is -2.15. The molecule has 0 radical (unpaired) electrons. The van der Waals surface area contributed by atoms with Crippen molar-refractivity contribution >= 4 is 27.9 Å². The lowest BCUT2D eigenvalue weighted by Crippen LogP contribution is -2.38. The number of rotatable bonds is 6. The first-order valence-electron chi connectivity index (χ1n) is 6.92. The minimum Gasteiger partial charge on any atom is -0.394 e. The first-order chi connectivity index (χ1) is 10.7. The number of aliphatic hydroxyl groups excluding tert-OH is 1. The van der Waals surface area contributed by atoms with Gasteiger partial charge in [0, 0.05) is 22.9 Å². The molecule has 0 spiro atoms. The van der Waals surface area contributed by atoms with Crippen LogP contribution in [0.1, 0.15) is 11.1 Å². The molecule has 0 saturated carbocycles. The number of carbonyl (C=O) groups excluding carboxylic acids is 1. The largest absolute Gasteiger partial charge is 0.394 e. The molecule has 5 heteroatoms. The van der Waals surface area contributed by atoms with Crippen LogP contribution in [0, 0.1) is 0 Å². The second-order valence-corrected chi connectivity index (χ2v) is 5.66. The zero-order valence-corrected chi connectivity index (χ0v) is 13.5. The Labute approximate surface area is 138 Å². The summed E-state index contributed by atoms with van der Waals surface area (Å²) in [5, 5.41) is 12.2. The van der Waals surface area contributed by atoms with E-state index in [2.05, 4.69) is 26.2 Å². The highest BCUT2D eigenvalue weighted by Crippen LogP contribution is 2.16. The predicted molar refractivity (Wildman–Crippen MR) is 90.1 cm³/mol. The standard InChI is InChI=1S/C17H17BrN2O2/c18-16-4-2-1-3-14(16)5-6-17(22)20-15(12-21)11-13-7-9-19-10-8-13/h1-10,15,21H,11-12H2,(H,20,22)/b6-5+. The van der Waals surface area contributed by atoms with Crippen LogP contribution in [-0.2, 0) is 11.2 Å². The molecule has 1 heterocycles. The van der Waals surface area contributed by atoms with Gasteiger partial charge in [0.05, 0.1) is 12.6 Å². The highest BCUT2D eigenvalue weighted by Gasteiger charge is 2.10. The minimum atomic E-state index is -0.321. The van der Waals surface area contributed by atoms with E-state index in [0.29, 0.717) is 6.42 Å². The van der Waals surface area contributed by atoms with Crippen LogP contribution in [-0.4, -0.2) is 28.6 Å². The molecule has 0 bridgehead atoms. The summed E-state index contributed by atoms with van der Waals surface area (Å²) in [6, 6.07) is 11.1. The van der Waals surface area contributed by atoms with Crippen LogP contribution in [0.5, 0.6) is 0 Å². The van der Waals surface area contributed by atoms with Crippen molar-refractivity contribution < 1.29 is 9.90 Å². The van der Waals surface area contributed by atoms with Crippen LogP contribution in [0.3, 0.4) is 0 Å². The van der Waals surface area contributed by atoms with Crippen molar-refractivity contribution in [2.45, 2.75) is 12.5 Å².